The van der Waals surface area contributed by atoms with E-state index in [9.17, 15) is 0 Å². The van der Waals surface area contributed by atoms with E-state index in [1.54, 1.807) is 10.9 Å². The van der Waals surface area contributed by atoms with E-state index in [1.165, 1.54) is 0 Å². The van der Waals surface area contributed by atoms with Crippen LogP contribution in [0.15, 0.2) is 47.1 Å². The van der Waals surface area contributed by atoms with Crippen molar-refractivity contribution in [3.05, 3.63) is 52.6 Å². The molecule has 1 aromatic carbocycles. The van der Waals surface area contributed by atoms with E-state index in [4.69, 9.17) is 5.73 Å². The van der Waals surface area contributed by atoms with Gasteiger partial charge in [-0.3, -0.25) is 9.67 Å². The van der Waals surface area contributed by atoms with Crippen molar-refractivity contribution in [3.8, 4) is 22.5 Å². The van der Waals surface area contributed by atoms with Gasteiger partial charge >= 0.3 is 0 Å². The van der Waals surface area contributed by atoms with Crippen LogP contribution in [0.2, 0.25) is 0 Å². The summed E-state index contributed by atoms with van der Waals surface area (Å²) in [5.41, 5.74) is 10.9. The van der Waals surface area contributed by atoms with Gasteiger partial charge in [-0.05, 0) is 42.8 Å². The highest BCUT2D eigenvalue weighted by atomic mass is 79.9. The Morgan fingerprint density at radius 3 is 2.67 bits per heavy atom. The zero-order valence-electron chi connectivity index (χ0n) is 11.8. The first-order chi connectivity index (χ1) is 10.1. The number of rotatable bonds is 2. The molecule has 21 heavy (non-hydrogen) atoms. The quantitative estimate of drug-likeness (QED) is 0.770. The Bertz CT molecular complexity index is 773. The third-order valence-electron chi connectivity index (χ3n) is 3.33. The fourth-order valence-corrected chi connectivity index (χ4v) is 2.98. The molecule has 0 radical (unpaired) electrons. The van der Waals surface area contributed by atoms with Gasteiger partial charge in [-0.15, -0.1) is 0 Å². The number of aryl methyl sites for hydroxylation is 2. The number of nitrogens with zero attached hydrogens (tertiary/aromatic N) is 3. The van der Waals surface area contributed by atoms with E-state index >= 15 is 0 Å². The molecule has 2 aromatic heterocycles. The van der Waals surface area contributed by atoms with Gasteiger partial charge in [0.05, 0.1) is 11.3 Å². The lowest BCUT2D eigenvalue weighted by atomic mass is 10.0. The monoisotopic (exact) mass is 342 g/mol. The molecule has 0 spiro atoms. The summed E-state index contributed by atoms with van der Waals surface area (Å²) in [7, 11) is 1.84. The van der Waals surface area contributed by atoms with Crippen LogP contribution in [0.3, 0.4) is 0 Å². The van der Waals surface area contributed by atoms with Crippen LogP contribution >= 0.6 is 15.9 Å². The van der Waals surface area contributed by atoms with Crippen molar-refractivity contribution in [2.75, 3.05) is 5.73 Å². The normalized spacial score (nSPS) is 10.8. The molecular formula is C16H15BrN4. The smallest absolute Gasteiger partial charge is 0.131 e. The van der Waals surface area contributed by atoms with Crippen LogP contribution in [-0.4, -0.2) is 14.8 Å². The molecular weight excluding hydrogens is 328 g/mol. The van der Waals surface area contributed by atoms with E-state index in [0.717, 1.165) is 32.6 Å². The summed E-state index contributed by atoms with van der Waals surface area (Å²) in [6.45, 7) is 2.06. The average molecular weight is 343 g/mol. The van der Waals surface area contributed by atoms with Crippen molar-refractivity contribution in [3.63, 3.8) is 0 Å². The van der Waals surface area contributed by atoms with Gasteiger partial charge in [0.2, 0.25) is 0 Å². The Hall–Kier alpha value is -2.14. The van der Waals surface area contributed by atoms with E-state index < -0.39 is 0 Å². The highest BCUT2D eigenvalue weighted by Crippen LogP contribution is 2.35. The largest absolute Gasteiger partial charge is 0.383 e. The van der Waals surface area contributed by atoms with Gasteiger partial charge in [-0.2, -0.15) is 5.10 Å². The van der Waals surface area contributed by atoms with Crippen LogP contribution in [-0.2, 0) is 7.05 Å². The van der Waals surface area contributed by atoms with Crippen molar-refractivity contribution in [2.24, 2.45) is 7.05 Å². The van der Waals surface area contributed by atoms with Gasteiger partial charge in [-0.1, -0.05) is 22.0 Å². The van der Waals surface area contributed by atoms with Crippen molar-refractivity contribution >= 4 is 21.7 Å². The van der Waals surface area contributed by atoms with Crippen molar-refractivity contribution < 1.29 is 0 Å². The van der Waals surface area contributed by atoms with Crippen molar-refractivity contribution in [1.29, 1.82) is 0 Å². The molecule has 0 fully saturated rings. The Balaban J connectivity index is 2.26. The molecule has 3 aromatic rings. The minimum absolute atomic E-state index is 0.612. The van der Waals surface area contributed by atoms with Gasteiger partial charge < -0.3 is 5.73 Å². The number of nitrogen functional groups attached to an aromatic ring is 1. The summed E-state index contributed by atoms with van der Waals surface area (Å²) in [5.74, 6) is 0.612. The highest BCUT2D eigenvalue weighted by Gasteiger charge is 2.18. The Morgan fingerprint density at radius 1 is 1.19 bits per heavy atom. The lowest BCUT2D eigenvalue weighted by Gasteiger charge is -2.05. The number of hydrogen-bond donors (Lipinski definition) is 1. The summed E-state index contributed by atoms with van der Waals surface area (Å²) in [6, 6.07) is 12.0. The first-order valence-corrected chi connectivity index (χ1v) is 7.37. The first-order valence-electron chi connectivity index (χ1n) is 6.57. The maximum atomic E-state index is 6.20. The fraction of sp³-hybridized carbons (Fsp3) is 0.125. The number of halogens is 1. The third-order valence-corrected chi connectivity index (χ3v) is 3.79. The van der Waals surface area contributed by atoms with Gasteiger partial charge in [0.1, 0.15) is 11.5 Å². The molecule has 3 rings (SSSR count). The van der Waals surface area contributed by atoms with E-state index in [0.29, 0.717) is 5.82 Å². The lowest BCUT2D eigenvalue weighted by Crippen LogP contribution is -1.98. The van der Waals surface area contributed by atoms with Crippen LogP contribution in [0, 0.1) is 6.92 Å². The predicted octanol–water partition coefficient (Wildman–Crippen LogP) is 3.80. The summed E-state index contributed by atoms with van der Waals surface area (Å²) in [4.78, 5) is 4.41. The number of hydrogen-bond acceptors (Lipinski definition) is 3. The minimum atomic E-state index is 0.612. The first kappa shape index (κ1) is 13.8. The predicted molar refractivity (Wildman–Crippen MR) is 88.7 cm³/mol. The second-order valence-corrected chi connectivity index (χ2v) is 5.88. The molecule has 0 bridgehead atoms. The number of aromatic nitrogens is 3. The second kappa shape index (κ2) is 5.33. The molecule has 0 aliphatic carbocycles. The van der Waals surface area contributed by atoms with Crippen LogP contribution in [0.5, 0.6) is 0 Å². The summed E-state index contributed by atoms with van der Waals surface area (Å²) < 4.78 is 2.71. The molecule has 4 nitrogen and oxygen atoms in total. The molecule has 0 aliphatic heterocycles. The third kappa shape index (κ3) is 2.56. The van der Waals surface area contributed by atoms with Crippen LogP contribution < -0.4 is 5.73 Å². The molecule has 2 N–H and O–H groups in total. The molecule has 0 saturated carbocycles. The summed E-state index contributed by atoms with van der Waals surface area (Å²) >= 11 is 3.53. The SMILES string of the molecule is Cc1cc(Br)cc(-c2nn(C)c(N)c2-c2ccccn2)c1. The van der Waals surface area contributed by atoms with Crippen molar-refractivity contribution in [2.45, 2.75) is 6.92 Å². The fourth-order valence-electron chi connectivity index (χ4n) is 2.38. The second-order valence-electron chi connectivity index (χ2n) is 4.96. The van der Waals surface area contributed by atoms with Crippen LogP contribution in [0.1, 0.15) is 5.56 Å². The molecule has 2 heterocycles. The maximum Gasteiger partial charge on any atom is 0.131 e. The molecule has 106 valence electrons. The van der Waals surface area contributed by atoms with E-state index in [1.807, 2.05) is 31.3 Å². The number of benzene rings is 1. The van der Waals surface area contributed by atoms with Gasteiger partial charge in [0.25, 0.3) is 0 Å². The Kier molecular flexibility index (Phi) is 3.51. The highest BCUT2D eigenvalue weighted by molar-refractivity contribution is 9.10. The van der Waals surface area contributed by atoms with Gasteiger partial charge in [-0.25, -0.2) is 0 Å². The summed E-state index contributed by atoms with van der Waals surface area (Å²) in [5, 5.41) is 4.57. The Labute approximate surface area is 131 Å². The van der Waals surface area contributed by atoms with Crippen molar-refractivity contribution in [1.82, 2.24) is 14.8 Å². The topological polar surface area (TPSA) is 56.7 Å². The Morgan fingerprint density at radius 2 is 2.00 bits per heavy atom. The number of pyridine rings is 1. The van der Waals surface area contributed by atoms with Crippen LogP contribution in [0.4, 0.5) is 5.82 Å². The van der Waals surface area contributed by atoms with E-state index in [-0.39, 0.29) is 0 Å². The van der Waals surface area contributed by atoms with E-state index in [2.05, 4.69) is 45.1 Å². The molecule has 0 atom stereocenters. The average Bonchev–Trinajstić information content (AvgIpc) is 2.75. The molecule has 0 aliphatic rings. The number of nitrogens with two attached hydrogens (primary N) is 1. The molecule has 0 unspecified atom stereocenters. The lowest BCUT2D eigenvalue weighted by molar-refractivity contribution is 0.782. The summed E-state index contributed by atoms with van der Waals surface area (Å²) in [6.07, 6.45) is 1.76. The standard InChI is InChI=1S/C16H15BrN4/c1-10-7-11(9-12(17)8-10)15-14(16(18)21(2)20-15)13-5-3-4-6-19-13/h3-9H,18H2,1-2H3. The van der Waals surface area contributed by atoms with Crippen LogP contribution in [0.25, 0.3) is 22.5 Å². The van der Waals surface area contributed by atoms with Gasteiger partial charge in [0.15, 0.2) is 0 Å². The zero-order valence-corrected chi connectivity index (χ0v) is 13.4. The minimum Gasteiger partial charge on any atom is -0.383 e. The molecule has 5 heteroatoms. The number of anilines is 1. The van der Waals surface area contributed by atoms with Gasteiger partial charge in [0, 0.05) is 23.3 Å². The maximum absolute atomic E-state index is 6.20. The molecule has 0 amide bonds. The molecule has 0 saturated heterocycles. The zero-order chi connectivity index (χ0) is 15.0.